The zero-order valence-electron chi connectivity index (χ0n) is 67.0. The van der Waals surface area contributed by atoms with Crippen molar-refractivity contribution in [3.8, 4) is 0 Å². The van der Waals surface area contributed by atoms with Gasteiger partial charge in [0.25, 0.3) is 35.4 Å². The first-order chi connectivity index (χ1) is 50.1. The molecule has 0 saturated carbocycles. The monoisotopic (exact) mass is 1710 g/mol. The molecule has 3 aromatic carbocycles. The molecule has 590 valence electrons. The summed E-state index contributed by atoms with van der Waals surface area (Å²) >= 11 is 21.5. The molecule has 15 rings (SSSR count). The van der Waals surface area contributed by atoms with Gasteiger partial charge in [0.2, 0.25) is 0 Å². The zero-order valence-corrected chi connectivity index (χ0v) is 76.8. The van der Waals surface area contributed by atoms with Gasteiger partial charge in [0, 0.05) is 160 Å². The molecule has 0 bridgehead atoms. The topological polar surface area (TPSA) is 192 Å². The van der Waals surface area contributed by atoms with Crippen molar-refractivity contribution in [2.75, 3.05) is 78.5 Å². The average Bonchev–Trinajstić information content (AvgIpc) is 1.55. The quantitative estimate of drug-likeness (QED) is 0.171. The van der Waals surface area contributed by atoms with E-state index >= 15 is 14.4 Å². The summed E-state index contributed by atoms with van der Waals surface area (Å²) < 4.78 is -2.67. The highest BCUT2D eigenvalue weighted by Crippen LogP contribution is 2.75. The minimum atomic E-state index is -0.912. The molecule has 18 nitrogen and oxygen atoms in total. The minimum Gasteiger partial charge on any atom is -0.335 e. The lowest BCUT2D eigenvalue weighted by Crippen LogP contribution is -2.54. The van der Waals surface area contributed by atoms with Crippen molar-refractivity contribution in [1.29, 1.82) is 0 Å². The Morgan fingerprint density at radius 2 is 0.404 bits per heavy atom. The summed E-state index contributed by atoms with van der Waals surface area (Å²) in [5.41, 5.74) is 2.18. The number of carbonyl (C=O) groups excluding carboxylic acids is 6. The van der Waals surface area contributed by atoms with Crippen LogP contribution in [0.4, 0.5) is 0 Å². The van der Waals surface area contributed by atoms with Crippen LogP contribution in [-0.2, 0) is 14.4 Å². The molecule has 12 heterocycles. The molecule has 30 heteroatoms. The van der Waals surface area contributed by atoms with Crippen molar-refractivity contribution in [2.45, 2.75) is 289 Å². The maximum atomic E-state index is 16.4. The number of amides is 6. The van der Waals surface area contributed by atoms with E-state index in [0.717, 1.165) is 75.4 Å². The van der Waals surface area contributed by atoms with Crippen LogP contribution in [0.2, 0.25) is 0 Å². The van der Waals surface area contributed by atoms with Gasteiger partial charge in [0.1, 0.15) is 0 Å². The van der Waals surface area contributed by atoms with E-state index in [4.69, 9.17) is 0 Å². The van der Waals surface area contributed by atoms with Gasteiger partial charge in [0.05, 0.1) is 74.4 Å². The lowest BCUT2D eigenvalue weighted by molar-refractivity contribution is -0.186. The first-order valence-electron chi connectivity index (χ1n) is 37.5. The molecule has 0 spiro atoms. The third-order valence-electron chi connectivity index (χ3n) is 22.7. The third kappa shape index (κ3) is 13.6. The molecular weight excluding hydrogens is 1600 g/mol. The third-order valence-corrected chi connectivity index (χ3v) is 39.8. The number of hydrogen-bond donors (Lipinski definition) is 3. The standard InChI is InChI=1S/C79H103N9O9S12/c1-68(2)37-40(71(7,8)86(68)95)62(89)80-25-31-83(32-26-80)65(92)47-56-50(98-74(13,14)104-56)44(51-57(47)105-75(15,16)99-51)43(45-52-58(106-76(17,18)100-52)48(59-53(45)101-77(19,20)107-59)66(93)84-33-27-81(28-34-84)63(90)41-38-69(3,4)87(96)72(41,9)10)46-54-60(108-78(21,22)102-54)49(61-55(46)103-79(23,24)109-61)67(94)85-35-29-82(30-36-85)64(91)42-39-70(5,6)88(97)73(42,11)12/h37-39,43,95-97H,25-36H2,1-24H3. The van der Waals surface area contributed by atoms with E-state index in [1.54, 1.807) is 70.6 Å². The molecule has 12 aliphatic rings. The summed E-state index contributed by atoms with van der Waals surface area (Å²) in [6.45, 7) is 53.8. The van der Waals surface area contributed by atoms with Crippen LogP contribution in [0, 0.1) is 0 Å². The summed E-state index contributed by atoms with van der Waals surface area (Å²) in [6, 6.07) is 0. The number of hydroxylamine groups is 6. The Labute approximate surface area is 694 Å². The molecule has 0 unspecified atom stereocenters. The van der Waals surface area contributed by atoms with Crippen LogP contribution >= 0.6 is 141 Å². The Bertz CT molecular complexity index is 4060. The molecule has 6 amide bonds. The van der Waals surface area contributed by atoms with Gasteiger partial charge in [-0.2, -0.15) is 15.2 Å². The molecule has 0 atom stereocenters. The minimum absolute atomic E-state index is 0.0580. The summed E-state index contributed by atoms with van der Waals surface area (Å²) in [5.74, 6) is -1.11. The van der Waals surface area contributed by atoms with E-state index in [9.17, 15) is 30.0 Å². The van der Waals surface area contributed by atoms with Crippen molar-refractivity contribution in [3.63, 3.8) is 0 Å². The van der Waals surface area contributed by atoms with Gasteiger partial charge in [-0.1, -0.05) is 18.2 Å². The van der Waals surface area contributed by atoms with Crippen molar-refractivity contribution in [2.24, 2.45) is 0 Å². The zero-order chi connectivity index (χ0) is 79.5. The highest BCUT2D eigenvalue weighted by Gasteiger charge is 2.58. The fourth-order valence-electron chi connectivity index (χ4n) is 17.7. The molecule has 0 aliphatic carbocycles. The van der Waals surface area contributed by atoms with E-state index in [2.05, 4.69) is 83.1 Å². The van der Waals surface area contributed by atoms with Gasteiger partial charge in [-0.3, -0.25) is 28.8 Å². The normalized spacial score (nSPS) is 25.8. The number of nitrogens with zero attached hydrogens (tertiary/aromatic N) is 9. The maximum absolute atomic E-state index is 16.4. The van der Waals surface area contributed by atoms with Gasteiger partial charge < -0.3 is 45.0 Å². The molecule has 3 N–H and O–H groups in total. The van der Waals surface area contributed by atoms with E-state index in [0.29, 0.717) is 112 Å². The second kappa shape index (κ2) is 26.8. The van der Waals surface area contributed by atoms with Crippen molar-refractivity contribution >= 4 is 177 Å². The molecule has 0 aromatic heterocycles. The van der Waals surface area contributed by atoms with E-state index in [-0.39, 0.29) is 35.4 Å². The van der Waals surface area contributed by atoms with Gasteiger partial charge in [-0.15, -0.1) is 141 Å². The summed E-state index contributed by atoms with van der Waals surface area (Å²) in [4.78, 5) is 116. The average molecular weight is 1710 g/mol. The highest BCUT2D eigenvalue weighted by atomic mass is 32.2. The largest absolute Gasteiger partial charge is 0.335 e. The Balaban J connectivity index is 0.914. The predicted molar refractivity (Wildman–Crippen MR) is 452 cm³/mol. The van der Waals surface area contributed by atoms with Gasteiger partial charge in [0.15, 0.2) is 0 Å². The molecular formula is C79H103N9O9S12. The van der Waals surface area contributed by atoms with Crippen molar-refractivity contribution < 1.29 is 44.4 Å². The van der Waals surface area contributed by atoms with E-state index in [1.807, 2.05) is 201 Å². The SMILES string of the molecule is CC1(C)Sc2c(c(C(c3c4c(c(C(=O)N5CCN(C(=O)C6=CC(C)(C)N(O)C6(C)C)CC5)c5c3SC(C)(C)S5)SC(C)(C)S4)c3c4c(c(C(=O)N5CCN(C(=O)C6=CC(C)(C)N(O)C6(C)C)CC5)c5c3SC(C)(C)S5)SC(C)(C)S4)c3c(c2C(=O)N2CCN(C(=O)C4=CC(C)(C)N(O)C4(C)C)CC2)SC(C)(C)S3)S1. The second-order valence-corrected chi connectivity index (χ2v) is 57.5. The smallest absolute Gasteiger partial charge is 0.256 e. The Kier molecular flexibility index (Phi) is 20.1. The second-order valence-electron chi connectivity index (χ2n) is 36.4. The number of benzene rings is 3. The Morgan fingerprint density at radius 1 is 0.257 bits per heavy atom. The molecule has 3 fully saturated rings. The first kappa shape index (κ1) is 81.8. The molecule has 3 aromatic rings. The number of thioether (sulfide) groups is 12. The lowest BCUT2D eigenvalue weighted by Gasteiger charge is -2.39. The predicted octanol–water partition coefficient (Wildman–Crippen LogP) is 17.9. The van der Waals surface area contributed by atoms with Crippen LogP contribution < -0.4 is 0 Å². The summed E-state index contributed by atoms with van der Waals surface area (Å²) in [7, 11) is 0. The van der Waals surface area contributed by atoms with Crippen LogP contribution in [0.1, 0.15) is 220 Å². The number of carbonyl (C=O) groups is 6. The number of hydrogen-bond acceptors (Lipinski definition) is 24. The van der Waals surface area contributed by atoms with E-state index in [1.165, 1.54) is 15.2 Å². The van der Waals surface area contributed by atoms with Crippen LogP contribution in [0.25, 0.3) is 0 Å². The molecule has 0 radical (unpaired) electrons. The van der Waals surface area contributed by atoms with Crippen LogP contribution in [-0.4, -0.2) is 232 Å². The van der Waals surface area contributed by atoms with E-state index < -0.39 is 63.6 Å². The Morgan fingerprint density at radius 3 is 0.550 bits per heavy atom. The maximum Gasteiger partial charge on any atom is 0.256 e. The summed E-state index contributed by atoms with van der Waals surface area (Å²) in [5, 5.41) is 37.6. The summed E-state index contributed by atoms with van der Waals surface area (Å²) in [6.07, 6.45) is 5.62. The lowest BCUT2D eigenvalue weighted by atomic mass is 9.83. The van der Waals surface area contributed by atoms with Crippen molar-refractivity contribution in [1.82, 2.24) is 44.6 Å². The molecule has 12 aliphatic heterocycles. The Hall–Kier alpha value is -2.34. The molecule has 3 saturated heterocycles. The number of piperazine rings is 3. The van der Waals surface area contributed by atoms with Gasteiger partial charge in [-0.05, 0) is 183 Å². The number of rotatable bonds is 9. The van der Waals surface area contributed by atoms with Crippen LogP contribution in [0.15, 0.2) is 93.7 Å². The first-order valence-corrected chi connectivity index (χ1v) is 47.3. The van der Waals surface area contributed by atoms with Gasteiger partial charge >= 0.3 is 0 Å². The fraction of sp³-hybridized carbons (Fsp3) is 0.620. The van der Waals surface area contributed by atoms with Crippen molar-refractivity contribution in [3.05, 3.63) is 68.3 Å². The van der Waals surface area contributed by atoms with Crippen LogP contribution in [0.3, 0.4) is 0 Å². The fourth-order valence-corrected chi connectivity index (χ4v) is 35.6. The highest BCUT2D eigenvalue weighted by molar-refractivity contribution is 8.23. The van der Waals surface area contributed by atoms with Crippen LogP contribution in [0.5, 0.6) is 0 Å². The molecule has 109 heavy (non-hydrogen) atoms. The van der Waals surface area contributed by atoms with Gasteiger partial charge in [-0.25, -0.2) is 0 Å². The number of fused-ring (bicyclic) bond motifs is 6.